The van der Waals surface area contributed by atoms with Crippen LogP contribution in [-0.4, -0.2) is 0 Å². The zero-order valence-corrected chi connectivity index (χ0v) is 17.9. The van der Waals surface area contributed by atoms with Gasteiger partial charge >= 0.3 is 0 Å². The maximum atomic E-state index is 6.05. The Morgan fingerprint density at radius 2 is 0.793 bits per heavy atom. The second-order valence-corrected chi connectivity index (χ2v) is 9.94. The highest BCUT2D eigenvalue weighted by atomic mass is 33.5. The van der Waals surface area contributed by atoms with Gasteiger partial charge in [0.1, 0.15) is 23.0 Å². The lowest BCUT2D eigenvalue weighted by molar-refractivity contribution is 0.471. The molecule has 0 aliphatic heterocycles. The van der Waals surface area contributed by atoms with Crippen LogP contribution in [0.15, 0.2) is 119 Å². The van der Waals surface area contributed by atoms with E-state index in [9.17, 15) is 0 Å². The quantitative estimate of drug-likeness (QED) is 0.257. The standard InChI is InChI=1S/C24H18O2S3/c1-3-11-19(12-4-1)25-21-15-7-9-17-23(21)27-29-28-24-18-10-8-16-22(24)26-20-13-5-2-6-14-20/h1-18H. The van der Waals surface area contributed by atoms with Crippen molar-refractivity contribution < 1.29 is 9.47 Å². The molecule has 0 amide bonds. The van der Waals surface area contributed by atoms with Crippen molar-refractivity contribution in [3.63, 3.8) is 0 Å². The molecule has 0 aromatic heterocycles. The van der Waals surface area contributed by atoms with Gasteiger partial charge in [-0.05, 0) is 79.9 Å². The highest BCUT2D eigenvalue weighted by Crippen LogP contribution is 2.50. The lowest BCUT2D eigenvalue weighted by Crippen LogP contribution is -1.86. The molecule has 0 aliphatic rings. The van der Waals surface area contributed by atoms with E-state index in [1.807, 2.05) is 97.1 Å². The minimum Gasteiger partial charge on any atom is -0.456 e. The molecule has 29 heavy (non-hydrogen) atoms. The Labute approximate surface area is 182 Å². The van der Waals surface area contributed by atoms with Gasteiger partial charge in [-0.3, -0.25) is 0 Å². The molecule has 0 fully saturated rings. The fourth-order valence-electron chi connectivity index (χ4n) is 2.53. The monoisotopic (exact) mass is 434 g/mol. The average molecular weight is 435 g/mol. The Morgan fingerprint density at radius 1 is 0.414 bits per heavy atom. The largest absolute Gasteiger partial charge is 0.456 e. The normalized spacial score (nSPS) is 10.5. The van der Waals surface area contributed by atoms with Crippen LogP contribution in [0.5, 0.6) is 23.0 Å². The molecule has 4 aromatic rings. The first-order chi connectivity index (χ1) is 14.4. The lowest BCUT2D eigenvalue weighted by Gasteiger charge is -2.11. The summed E-state index contributed by atoms with van der Waals surface area (Å²) in [5.41, 5.74) is 0. The molecule has 0 heterocycles. The van der Waals surface area contributed by atoms with E-state index in [0.29, 0.717) is 0 Å². The molecule has 0 spiro atoms. The van der Waals surface area contributed by atoms with Crippen LogP contribution in [0.3, 0.4) is 0 Å². The minimum atomic E-state index is 0.833. The van der Waals surface area contributed by atoms with Crippen molar-refractivity contribution in [3.05, 3.63) is 109 Å². The Hall–Kier alpha value is -2.47. The highest BCUT2D eigenvalue weighted by Gasteiger charge is 2.09. The van der Waals surface area contributed by atoms with E-state index in [4.69, 9.17) is 9.47 Å². The summed E-state index contributed by atoms with van der Waals surface area (Å²) in [5.74, 6) is 3.37. The molecule has 4 aromatic carbocycles. The van der Waals surface area contributed by atoms with Gasteiger partial charge < -0.3 is 9.47 Å². The second-order valence-electron chi connectivity index (χ2n) is 5.96. The van der Waals surface area contributed by atoms with Crippen molar-refractivity contribution in [3.8, 4) is 23.0 Å². The van der Waals surface area contributed by atoms with Crippen LogP contribution >= 0.6 is 31.4 Å². The summed E-state index contributed by atoms with van der Waals surface area (Å²) in [5, 5.41) is 0. The van der Waals surface area contributed by atoms with Gasteiger partial charge in [0.05, 0.1) is 9.79 Å². The molecule has 5 heteroatoms. The van der Waals surface area contributed by atoms with E-state index in [1.165, 1.54) is 0 Å². The van der Waals surface area contributed by atoms with Crippen LogP contribution < -0.4 is 9.47 Å². The van der Waals surface area contributed by atoms with E-state index in [0.717, 1.165) is 32.8 Å². The topological polar surface area (TPSA) is 18.5 Å². The van der Waals surface area contributed by atoms with Crippen molar-refractivity contribution in [1.82, 2.24) is 0 Å². The zero-order valence-electron chi connectivity index (χ0n) is 15.4. The molecule has 144 valence electrons. The predicted octanol–water partition coefficient (Wildman–Crippen LogP) is 8.72. The van der Waals surface area contributed by atoms with Crippen LogP contribution in [0.2, 0.25) is 0 Å². The fourth-order valence-corrected chi connectivity index (χ4v) is 6.35. The predicted molar refractivity (Wildman–Crippen MR) is 125 cm³/mol. The fraction of sp³-hybridized carbons (Fsp3) is 0. The number of benzene rings is 4. The molecule has 2 nitrogen and oxygen atoms in total. The second kappa shape index (κ2) is 10.3. The van der Waals surface area contributed by atoms with E-state index < -0.39 is 0 Å². The molecule has 0 unspecified atom stereocenters. The Balaban J connectivity index is 1.41. The van der Waals surface area contributed by atoms with E-state index in [2.05, 4.69) is 12.1 Å². The van der Waals surface area contributed by atoms with Gasteiger partial charge in [-0.1, -0.05) is 60.7 Å². The van der Waals surface area contributed by atoms with Gasteiger partial charge in [0, 0.05) is 0 Å². The molecule has 0 atom stereocenters. The molecule has 4 rings (SSSR count). The third kappa shape index (κ3) is 5.76. The summed E-state index contributed by atoms with van der Waals surface area (Å²) in [4.78, 5) is 2.16. The summed E-state index contributed by atoms with van der Waals surface area (Å²) in [6, 6.07) is 35.8. The minimum absolute atomic E-state index is 0.833. The van der Waals surface area contributed by atoms with E-state index in [-0.39, 0.29) is 0 Å². The summed E-state index contributed by atoms with van der Waals surface area (Å²) in [7, 11) is 5.03. The Morgan fingerprint density at radius 3 is 1.24 bits per heavy atom. The van der Waals surface area contributed by atoms with Crippen molar-refractivity contribution in [2.75, 3.05) is 0 Å². The van der Waals surface area contributed by atoms with E-state index in [1.54, 1.807) is 31.4 Å². The number of para-hydroxylation sites is 4. The number of hydrogen-bond acceptors (Lipinski definition) is 5. The Kier molecular flexibility index (Phi) is 7.08. The van der Waals surface area contributed by atoms with Gasteiger partial charge in [0.2, 0.25) is 0 Å². The van der Waals surface area contributed by atoms with E-state index >= 15 is 0 Å². The van der Waals surface area contributed by atoms with Gasteiger partial charge in [-0.15, -0.1) is 0 Å². The Bertz CT molecular complexity index is 955. The molecule has 0 bridgehead atoms. The average Bonchev–Trinajstić information content (AvgIpc) is 2.78. The SMILES string of the molecule is c1ccc(Oc2ccccc2SSSc2ccccc2Oc2ccccc2)cc1. The molecular weight excluding hydrogens is 416 g/mol. The number of hydrogen-bond donors (Lipinski definition) is 0. The first-order valence-electron chi connectivity index (χ1n) is 9.03. The highest BCUT2D eigenvalue weighted by molar-refractivity contribution is 9.09. The van der Waals surface area contributed by atoms with Gasteiger partial charge in [0.15, 0.2) is 0 Å². The number of ether oxygens (including phenoxy) is 2. The lowest BCUT2D eigenvalue weighted by atomic mass is 10.3. The zero-order chi connectivity index (χ0) is 19.7. The molecule has 0 aliphatic carbocycles. The summed E-state index contributed by atoms with van der Waals surface area (Å²) < 4.78 is 12.1. The first-order valence-corrected chi connectivity index (χ1v) is 12.5. The van der Waals surface area contributed by atoms with Crippen molar-refractivity contribution in [2.24, 2.45) is 0 Å². The molecule has 0 saturated heterocycles. The van der Waals surface area contributed by atoms with Crippen LogP contribution in [0, 0.1) is 0 Å². The van der Waals surface area contributed by atoms with Gasteiger partial charge in [0.25, 0.3) is 0 Å². The maximum absolute atomic E-state index is 6.05. The van der Waals surface area contributed by atoms with Crippen LogP contribution in [0.1, 0.15) is 0 Å². The maximum Gasteiger partial charge on any atom is 0.141 e. The third-order valence-electron chi connectivity index (χ3n) is 3.89. The van der Waals surface area contributed by atoms with Gasteiger partial charge in [-0.25, -0.2) is 0 Å². The van der Waals surface area contributed by atoms with Crippen LogP contribution in [0.4, 0.5) is 0 Å². The summed E-state index contributed by atoms with van der Waals surface area (Å²) in [6.45, 7) is 0. The van der Waals surface area contributed by atoms with Crippen molar-refractivity contribution in [2.45, 2.75) is 9.79 Å². The molecular formula is C24H18O2S3. The van der Waals surface area contributed by atoms with Crippen molar-refractivity contribution >= 4 is 31.4 Å². The van der Waals surface area contributed by atoms with Crippen molar-refractivity contribution in [1.29, 1.82) is 0 Å². The molecule has 0 radical (unpaired) electrons. The molecule has 0 N–H and O–H groups in total. The smallest absolute Gasteiger partial charge is 0.141 e. The summed E-state index contributed by atoms with van der Waals surface area (Å²) >= 11 is 0. The summed E-state index contributed by atoms with van der Waals surface area (Å²) in [6.07, 6.45) is 0. The third-order valence-corrected chi connectivity index (χ3v) is 7.77. The van der Waals surface area contributed by atoms with Crippen LogP contribution in [0.25, 0.3) is 0 Å². The van der Waals surface area contributed by atoms with Gasteiger partial charge in [-0.2, -0.15) is 0 Å². The molecule has 0 saturated carbocycles. The first kappa shape index (κ1) is 19.8. The number of rotatable bonds is 8. The van der Waals surface area contributed by atoms with Crippen LogP contribution in [-0.2, 0) is 0 Å².